The molecule has 0 aliphatic rings. The van der Waals surface area contributed by atoms with E-state index in [1.54, 1.807) is 24.3 Å². The van der Waals surface area contributed by atoms with Crippen molar-refractivity contribution in [2.45, 2.75) is 33.1 Å². The van der Waals surface area contributed by atoms with Gasteiger partial charge in [0.25, 0.3) is 0 Å². The number of anilines is 3. The van der Waals surface area contributed by atoms with E-state index in [-0.39, 0.29) is 16.9 Å². The van der Waals surface area contributed by atoms with E-state index < -0.39 is 12.1 Å². The quantitative estimate of drug-likeness (QED) is 0.151. The number of rotatable bonds is 7. The van der Waals surface area contributed by atoms with Crippen molar-refractivity contribution in [3.05, 3.63) is 90.4 Å². The first-order chi connectivity index (χ1) is 20.5. The fraction of sp³-hybridized carbons (Fsp3) is 0.182. The topological polar surface area (TPSA) is 135 Å². The van der Waals surface area contributed by atoms with Gasteiger partial charge < -0.3 is 29.6 Å². The number of amides is 3. The summed E-state index contributed by atoms with van der Waals surface area (Å²) in [5.41, 5.74) is 3.22. The van der Waals surface area contributed by atoms with Crippen molar-refractivity contribution < 1.29 is 28.6 Å². The Morgan fingerprint density at radius 3 is 2.21 bits per heavy atom. The second-order valence-corrected chi connectivity index (χ2v) is 10.9. The second kappa shape index (κ2) is 11.8. The molecule has 0 saturated carbocycles. The van der Waals surface area contributed by atoms with E-state index in [4.69, 9.17) is 13.9 Å². The molecule has 10 heteroatoms. The summed E-state index contributed by atoms with van der Waals surface area (Å²) < 4.78 is 17.3. The smallest absolute Gasteiger partial charge is 0.409 e. The molecule has 3 amide bonds. The maximum atomic E-state index is 13.3. The maximum Gasteiger partial charge on any atom is 0.409 e. The SMILES string of the molecule is COc1c(NC(=O)O)cc(C(C)(C)C)cc1NC(=O)Nc1ccc(Oc2cccc(-c3ocnc3C)c2)c2ccccc12. The highest BCUT2D eigenvalue weighted by molar-refractivity contribution is 6.08. The molecule has 0 saturated heterocycles. The summed E-state index contributed by atoms with van der Waals surface area (Å²) in [4.78, 5) is 28.9. The van der Waals surface area contributed by atoms with Gasteiger partial charge >= 0.3 is 12.1 Å². The summed E-state index contributed by atoms with van der Waals surface area (Å²) in [6.45, 7) is 7.85. The summed E-state index contributed by atoms with van der Waals surface area (Å²) in [6.07, 6.45) is 0.171. The zero-order chi connectivity index (χ0) is 30.7. The lowest BCUT2D eigenvalue weighted by molar-refractivity contribution is 0.209. The van der Waals surface area contributed by atoms with Crippen LogP contribution in [0.5, 0.6) is 17.2 Å². The molecule has 5 aromatic rings. The molecule has 0 unspecified atom stereocenters. The Hall–Kier alpha value is -5.51. The van der Waals surface area contributed by atoms with Gasteiger partial charge in [0.15, 0.2) is 17.9 Å². The van der Waals surface area contributed by atoms with Crippen LogP contribution in [0.2, 0.25) is 0 Å². The number of hydrogen-bond donors (Lipinski definition) is 4. The van der Waals surface area contributed by atoms with E-state index in [1.165, 1.54) is 13.5 Å². The highest BCUT2D eigenvalue weighted by atomic mass is 16.5. The van der Waals surface area contributed by atoms with Crippen LogP contribution in [0.1, 0.15) is 32.0 Å². The number of carboxylic acid groups (broad SMARTS) is 1. The molecule has 10 nitrogen and oxygen atoms in total. The zero-order valence-corrected chi connectivity index (χ0v) is 24.4. The molecule has 0 fully saturated rings. The normalized spacial score (nSPS) is 11.2. The molecule has 4 N–H and O–H groups in total. The molecule has 0 radical (unpaired) electrons. The van der Waals surface area contributed by atoms with Gasteiger partial charge in [0.05, 0.1) is 29.9 Å². The first-order valence-electron chi connectivity index (χ1n) is 13.5. The lowest BCUT2D eigenvalue weighted by Gasteiger charge is -2.23. The van der Waals surface area contributed by atoms with Gasteiger partial charge in [-0.1, -0.05) is 57.2 Å². The van der Waals surface area contributed by atoms with Crippen molar-refractivity contribution in [2.75, 3.05) is 23.1 Å². The first-order valence-corrected chi connectivity index (χ1v) is 13.5. The van der Waals surface area contributed by atoms with Crippen molar-refractivity contribution in [2.24, 2.45) is 0 Å². The Morgan fingerprint density at radius 2 is 1.56 bits per heavy atom. The van der Waals surface area contributed by atoms with E-state index in [0.717, 1.165) is 27.6 Å². The molecule has 220 valence electrons. The third kappa shape index (κ3) is 6.38. The number of methoxy groups -OCH3 is 1. The minimum Gasteiger partial charge on any atom is -0.492 e. The second-order valence-electron chi connectivity index (χ2n) is 10.9. The molecular formula is C33H32N4O6. The van der Waals surface area contributed by atoms with Crippen molar-refractivity contribution in [1.29, 1.82) is 0 Å². The van der Waals surface area contributed by atoms with E-state index in [0.29, 0.717) is 28.6 Å². The summed E-state index contributed by atoms with van der Waals surface area (Å²) in [5.74, 6) is 2.10. The lowest BCUT2D eigenvalue weighted by atomic mass is 9.86. The van der Waals surface area contributed by atoms with Crippen LogP contribution >= 0.6 is 0 Å². The van der Waals surface area contributed by atoms with Crippen LogP contribution in [0.3, 0.4) is 0 Å². The predicted octanol–water partition coefficient (Wildman–Crippen LogP) is 8.64. The Bertz CT molecular complexity index is 1820. The fourth-order valence-corrected chi connectivity index (χ4v) is 4.73. The Labute approximate surface area is 248 Å². The number of fused-ring (bicyclic) bond motifs is 1. The molecule has 1 heterocycles. The van der Waals surface area contributed by atoms with Gasteiger partial charge in [0, 0.05) is 16.3 Å². The van der Waals surface area contributed by atoms with Crippen LogP contribution in [0.4, 0.5) is 26.7 Å². The molecule has 4 aromatic carbocycles. The average molecular weight is 581 g/mol. The number of hydrogen-bond acceptors (Lipinski definition) is 6. The average Bonchev–Trinajstić information content (AvgIpc) is 3.39. The van der Waals surface area contributed by atoms with Gasteiger partial charge in [-0.25, -0.2) is 14.6 Å². The number of ether oxygens (including phenoxy) is 2. The van der Waals surface area contributed by atoms with E-state index in [2.05, 4.69) is 20.9 Å². The molecule has 43 heavy (non-hydrogen) atoms. The third-order valence-electron chi connectivity index (χ3n) is 6.85. The standard InChI is InChI=1S/C33H32N4O6/c1-19-29(42-18-34-19)20-9-8-10-22(15-20)43-28-14-13-25(23-11-6-7-12-24(23)28)35-31(38)36-26-16-21(33(2,3)4)17-27(30(26)41-5)37-32(39)40/h6-18,37H,1-5H3,(H,39,40)(H2,35,36,38). The molecule has 0 spiro atoms. The summed E-state index contributed by atoms with van der Waals surface area (Å²) in [5, 5.41) is 19.0. The zero-order valence-electron chi connectivity index (χ0n) is 24.4. The number of carbonyl (C=O) groups is 2. The van der Waals surface area contributed by atoms with Gasteiger partial charge in [0.1, 0.15) is 11.5 Å². The van der Waals surface area contributed by atoms with E-state index in [1.807, 2.05) is 76.2 Å². The molecule has 0 aliphatic carbocycles. The maximum absolute atomic E-state index is 13.3. The summed E-state index contributed by atoms with van der Waals surface area (Å²) >= 11 is 0. The van der Waals surface area contributed by atoms with Crippen LogP contribution in [0, 0.1) is 6.92 Å². The van der Waals surface area contributed by atoms with Crippen LogP contribution < -0.4 is 25.4 Å². The van der Waals surface area contributed by atoms with Gasteiger partial charge in [-0.3, -0.25) is 5.32 Å². The van der Waals surface area contributed by atoms with Crippen molar-refractivity contribution in [3.63, 3.8) is 0 Å². The molecule has 5 rings (SSSR count). The number of nitrogens with one attached hydrogen (secondary N) is 3. The molecule has 0 aliphatic heterocycles. The molecule has 0 bridgehead atoms. The Morgan fingerprint density at radius 1 is 0.860 bits per heavy atom. The number of benzene rings is 4. The number of nitrogens with zero attached hydrogens (tertiary/aromatic N) is 1. The highest BCUT2D eigenvalue weighted by Crippen LogP contribution is 2.40. The van der Waals surface area contributed by atoms with Crippen LogP contribution in [-0.2, 0) is 5.41 Å². The number of carbonyl (C=O) groups excluding carboxylic acids is 1. The van der Waals surface area contributed by atoms with Crippen molar-refractivity contribution in [3.8, 4) is 28.6 Å². The molecule has 1 aromatic heterocycles. The predicted molar refractivity (Wildman–Crippen MR) is 167 cm³/mol. The molecule has 0 atom stereocenters. The van der Waals surface area contributed by atoms with Crippen LogP contribution in [-0.4, -0.2) is 29.3 Å². The molecular weight excluding hydrogens is 548 g/mol. The third-order valence-corrected chi connectivity index (χ3v) is 6.85. The Balaban J connectivity index is 1.42. The lowest BCUT2D eigenvalue weighted by Crippen LogP contribution is -2.22. The van der Waals surface area contributed by atoms with Crippen molar-refractivity contribution in [1.82, 2.24) is 4.98 Å². The van der Waals surface area contributed by atoms with Gasteiger partial charge in [-0.15, -0.1) is 0 Å². The monoisotopic (exact) mass is 580 g/mol. The summed E-state index contributed by atoms with van der Waals surface area (Å²) in [7, 11) is 1.41. The fourth-order valence-electron chi connectivity index (χ4n) is 4.73. The van der Waals surface area contributed by atoms with E-state index in [9.17, 15) is 14.7 Å². The first kappa shape index (κ1) is 29.0. The van der Waals surface area contributed by atoms with E-state index >= 15 is 0 Å². The minimum atomic E-state index is -1.24. The van der Waals surface area contributed by atoms with Gasteiger partial charge in [-0.2, -0.15) is 0 Å². The number of urea groups is 1. The van der Waals surface area contributed by atoms with Crippen molar-refractivity contribution >= 4 is 40.0 Å². The van der Waals surface area contributed by atoms with Gasteiger partial charge in [0.2, 0.25) is 0 Å². The minimum absolute atomic E-state index is 0.196. The number of aromatic nitrogens is 1. The van der Waals surface area contributed by atoms with Crippen LogP contribution in [0.25, 0.3) is 22.1 Å². The Kier molecular flexibility index (Phi) is 7.94. The highest BCUT2D eigenvalue weighted by Gasteiger charge is 2.22. The van der Waals surface area contributed by atoms with Gasteiger partial charge in [-0.05, 0) is 54.3 Å². The van der Waals surface area contributed by atoms with Crippen LogP contribution in [0.15, 0.2) is 83.6 Å². The largest absolute Gasteiger partial charge is 0.492 e. The number of aryl methyl sites for hydroxylation is 1. The number of oxazole rings is 1. The summed E-state index contributed by atoms with van der Waals surface area (Å²) in [6, 6.07) is 21.6.